The molecule has 0 radical (unpaired) electrons. The molecule has 0 saturated heterocycles. The average Bonchev–Trinajstić information content (AvgIpc) is 2.16. The van der Waals surface area contributed by atoms with Crippen molar-refractivity contribution >= 4 is 6.29 Å². The molecule has 0 atom stereocenters. The van der Waals surface area contributed by atoms with Crippen LogP contribution in [0.4, 0.5) is 0 Å². The molecule has 0 unspecified atom stereocenters. The van der Waals surface area contributed by atoms with Gasteiger partial charge in [-0.25, -0.2) is 0 Å². The number of hydrogen-bond donors (Lipinski definition) is 1. The highest BCUT2D eigenvalue weighted by Crippen LogP contribution is 2.35. The maximum absolute atomic E-state index is 10.9. The van der Waals surface area contributed by atoms with E-state index < -0.39 is 0 Å². The van der Waals surface area contributed by atoms with E-state index in [9.17, 15) is 9.90 Å². The normalized spacial score (nSPS) is 11.1. The van der Waals surface area contributed by atoms with Gasteiger partial charge >= 0.3 is 0 Å². The molecule has 2 heteroatoms. The van der Waals surface area contributed by atoms with Crippen LogP contribution < -0.4 is 0 Å². The summed E-state index contributed by atoms with van der Waals surface area (Å²) in [5.74, 6) is 0.760. The lowest BCUT2D eigenvalue weighted by atomic mass is 9.86. The Balaban J connectivity index is 3.50. The van der Waals surface area contributed by atoms with Crippen molar-refractivity contribution in [1.29, 1.82) is 0 Å². The Kier molecular flexibility index (Phi) is 3.51. The van der Waals surface area contributed by atoms with Crippen LogP contribution in [0.15, 0.2) is 12.1 Å². The molecule has 15 heavy (non-hydrogen) atoms. The number of hydrogen-bond acceptors (Lipinski definition) is 2. The minimum atomic E-state index is 0.224. The number of rotatable bonds is 3. The predicted octanol–water partition coefficient (Wildman–Crippen LogP) is 3.45. The van der Waals surface area contributed by atoms with E-state index in [-0.39, 0.29) is 11.8 Å². The van der Waals surface area contributed by atoms with Crippen LogP contribution in [0.1, 0.15) is 61.0 Å². The highest BCUT2D eigenvalue weighted by Gasteiger charge is 2.17. The Morgan fingerprint density at radius 2 is 1.60 bits per heavy atom. The SMILES string of the molecule is CC(C)c1c(O)ccc(C=O)c1C(C)C. The predicted molar refractivity (Wildman–Crippen MR) is 61.7 cm³/mol. The molecule has 0 aliphatic rings. The van der Waals surface area contributed by atoms with Crippen LogP contribution in [0.2, 0.25) is 0 Å². The van der Waals surface area contributed by atoms with Crippen molar-refractivity contribution in [2.24, 2.45) is 0 Å². The number of phenolic OH excluding ortho intramolecular Hbond substituents is 1. The molecular weight excluding hydrogens is 188 g/mol. The summed E-state index contributed by atoms with van der Waals surface area (Å²) in [5, 5.41) is 9.81. The van der Waals surface area contributed by atoms with E-state index >= 15 is 0 Å². The third-order valence-corrected chi connectivity index (χ3v) is 2.58. The van der Waals surface area contributed by atoms with Gasteiger partial charge in [0.05, 0.1) is 0 Å². The summed E-state index contributed by atoms with van der Waals surface area (Å²) in [6, 6.07) is 3.29. The van der Waals surface area contributed by atoms with E-state index in [2.05, 4.69) is 0 Å². The smallest absolute Gasteiger partial charge is 0.150 e. The highest BCUT2D eigenvalue weighted by atomic mass is 16.3. The molecule has 2 nitrogen and oxygen atoms in total. The first-order valence-electron chi connectivity index (χ1n) is 5.30. The van der Waals surface area contributed by atoms with Crippen LogP contribution in [-0.4, -0.2) is 11.4 Å². The van der Waals surface area contributed by atoms with Crippen LogP contribution in [0.5, 0.6) is 5.75 Å². The van der Waals surface area contributed by atoms with Crippen molar-refractivity contribution in [3.8, 4) is 5.75 Å². The summed E-state index contributed by atoms with van der Waals surface area (Å²) in [4.78, 5) is 10.9. The molecule has 0 amide bonds. The summed E-state index contributed by atoms with van der Waals surface area (Å²) in [6.45, 7) is 8.12. The Hall–Kier alpha value is -1.31. The number of phenols is 1. The summed E-state index contributed by atoms with van der Waals surface area (Å²) in [7, 11) is 0. The van der Waals surface area contributed by atoms with E-state index in [0.717, 1.165) is 17.4 Å². The van der Waals surface area contributed by atoms with Crippen molar-refractivity contribution in [1.82, 2.24) is 0 Å². The van der Waals surface area contributed by atoms with Gasteiger partial charge in [0.25, 0.3) is 0 Å². The molecule has 1 N–H and O–H groups in total. The fraction of sp³-hybridized carbons (Fsp3) is 0.462. The van der Waals surface area contributed by atoms with E-state index in [1.54, 1.807) is 12.1 Å². The quantitative estimate of drug-likeness (QED) is 0.769. The van der Waals surface area contributed by atoms with Gasteiger partial charge < -0.3 is 5.11 Å². The van der Waals surface area contributed by atoms with Gasteiger partial charge in [-0.05, 0) is 29.5 Å². The molecule has 1 aromatic rings. The second-order valence-electron chi connectivity index (χ2n) is 4.43. The topological polar surface area (TPSA) is 37.3 Å². The first-order valence-corrected chi connectivity index (χ1v) is 5.30. The molecule has 0 spiro atoms. The Bertz CT molecular complexity index is 365. The van der Waals surface area contributed by atoms with Gasteiger partial charge in [0, 0.05) is 11.1 Å². The number of aldehydes is 1. The monoisotopic (exact) mass is 206 g/mol. The van der Waals surface area contributed by atoms with E-state index in [0.29, 0.717) is 11.3 Å². The zero-order chi connectivity index (χ0) is 11.6. The van der Waals surface area contributed by atoms with Crippen molar-refractivity contribution in [3.05, 3.63) is 28.8 Å². The zero-order valence-corrected chi connectivity index (χ0v) is 9.74. The van der Waals surface area contributed by atoms with Crippen LogP contribution in [0.25, 0.3) is 0 Å². The largest absolute Gasteiger partial charge is 0.508 e. The first-order chi connectivity index (χ1) is 6.99. The van der Waals surface area contributed by atoms with Crippen LogP contribution in [0.3, 0.4) is 0 Å². The first kappa shape index (κ1) is 11.8. The molecule has 0 aliphatic heterocycles. The third kappa shape index (κ3) is 2.20. The Labute approximate surface area is 90.9 Å². The molecular formula is C13H18O2. The molecule has 0 saturated carbocycles. The maximum atomic E-state index is 10.9. The van der Waals surface area contributed by atoms with Gasteiger partial charge in [-0.2, -0.15) is 0 Å². The third-order valence-electron chi connectivity index (χ3n) is 2.58. The van der Waals surface area contributed by atoms with Crippen LogP contribution in [0, 0.1) is 0 Å². The number of carbonyl (C=O) groups is 1. The van der Waals surface area contributed by atoms with Gasteiger partial charge in [0.15, 0.2) is 0 Å². The fourth-order valence-electron chi connectivity index (χ4n) is 2.00. The molecule has 1 rings (SSSR count). The minimum absolute atomic E-state index is 0.224. The number of benzene rings is 1. The molecule has 0 aromatic heterocycles. The van der Waals surface area contributed by atoms with Crippen molar-refractivity contribution in [2.45, 2.75) is 39.5 Å². The van der Waals surface area contributed by atoms with Gasteiger partial charge in [0.1, 0.15) is 12.0 Å². The lowest BCUT2D eigenvalue weighted by Gasteiger charge is -2.19. The zero-order valence-electron chi connectivity index (χ0n) is 9.74. The molecule has 0 bridgehead atoms. The highest BCUT2D eigenvalue weighted by molar-refractivity contribution is 5.79. The summed E-state index contributed by atoms with van der Waals surface area (Å²) < 4.78 is 0. The van der Waals surface area contributed by atoms with E-state index in [4.69, 9.17) is 0 Å². The molecule has 0 aliphatic carbocycles. The summed E-state index contributed by atoms with van der Waals surface area (Å²) in [5.41, 5.74) is 2.56. The second-order valence-corrected chi connectivity index (χ2v) is 4.43. The lowest BCUT2D eigenvalue weighted by Crippen LogP contribution is -2.03. The molecule has 82 valence electrons. The van der Waals surface area contributed by atoms with Crippen LogP contribution in [-0.2, 0) is 0 Å². The summed E-state index contributed by atoms with van der Waals surface area (Å²) in [6.07, 6.45) is 0.862. The van der Waals surface area contributed by atoms with E-state index in [1.165, 1.54) is 0 Å². The standard InChI is InChI=1S/C13H18O2/c1-8(2)12-10(7-14)5-6-11(15)13(12)9(3)4/h5-9,15H,1-4H3. The molecule has 1 aromatic carbocycles. The Morgan fingerprint density at radius 1 is 1.07 bits per heavy atom. The van der Waals surface area contributed by atoms with Gasteiger partial charge in [-0.1, -0.05) is 27.7 Å². The van der Waals surface area contributed by atoms with Gasteiger partial charge in [-0.15, -0.1) is 0 Å². The molecule has 0 fully saturated rings. The van der Waals surface area contributed by atoms with Gasteiger partial charge in [0.2, 0.25) is 0 Å². The second kappa shape index (κ2) is 4.47. The molecule has 0 heterocycles. The Morgan fingerprint density at radius 3 is 2.00 bits per heavy atom. The minimum Gasteiger partial charge on any atom is -0.508 e. The summed E-state index contributed by atoms with van der Waals surface area (Å²) >= 11 is 0. The van der Waals surface area contributed by atoms with Crippen LogP contribution >= 0.6 is 0 Å². The van der Waals surface area contributed by atoms with Crippen molar-refractivity contribution < 1.29 is 9.90 Å². The van der Waals surface area contributed by atoms with Crippen molar-refractivity contribution in [3.63, 3.8) is 0 Å². The van der Waals surface area contributed by atoms with E-state index in [1.807, 2.05) is 27.7 Å². The average molecular weight is 206 g/mol. The fourth-order valence-corrected chi connectivity index (χ4v) is 2.00. The lowest BCUT2D eigenvalue weighted by molar-refractivity contribution is 0.112. The number of carbonyl (C=O) groups excluding carboxylic acids is 1. The van der Waals surface area contributed by atoms with Gasteiger partial charge in [-0.3, -0.25) is 4.79 Å². The maximum Gasteiger partial charge on any atom is 0.150 e. The van der Waals surface area contributed by atoms with Crippen molar-refractivity contribution in [2.75, 3.05) is 0 Å². The number of aromatic hydroxyl groups is 1.